The van der Waals surface area contributed by atoms with E-state index in [0.29, 0.717) is 18.4 Å². The highest BCUT2D eigenvalue weighted by Crippen LogP contribution is 2.52. The third-order valence-electron chi connectivity index (χ3n) is 8.52. The Kier molecular flexibility index (Phi) is 6.71. The van der Waals surface area contributed by atoms with Gasteiger partial charge in [-0.25, -0.2) is 0 Å². The maximum Gasteiger partial charge on any atom is 0.255 e. The first-order chi connectivity index (χ1) is 18.9. The van der Waals surface area contributed by atoms with Crippen molar-refractivity contribution in [2.24, 2.45) is 17.6 Å². The number of likely N-dealkylation sites (N-methyl/N-ethyl adjacent to an activating group) is 1. The van der Waals surface area contributed by atoms with Crippen LogP contribution in [0.4, 0.5) is 0 Å². The molecule has 2 aromatic carbocycles. The number of benzene rings is 2. The minimum atomic E-state index is -2.65. The minimum Gasteiger partial charge on any atom is -0.510 e. The SMILES string of the molecule is COc1cccc(CCc2ccc(O)c3c2C[C@H]2C[C@H]4[C@H](N(C)C)C(O)=C(C(N)=O)C(=O)[C@@]4(O)C(O)=C2C3=O)c1. The van der Waals surface area contributed by atoms with Gasteiger partial charge in [0.2, 0.25) is 5.78 Å². The molecule has 0 aliphatic heterocycles. The molecule has 0 aromatic heterocycles. The first kappa shape index (κ1) is 27.4. The average molecular weight is 549 g/mol. The summed E-state index contributed by atoms with van der Waals surface area (Å²) in [5.41, 5.74) is 4.28. The number of primary amides is 1. The predicted octanol–water partition coefficient (Wildman–Crippen LogP) is 1.91. The second kappa shape index (κ2) is 9.79. The molecular weight excluding hydrogens is 516 g/mol. The molecule has 1 amide bonds. The zero-order valence-corrected chi connectivity index (χ0v) is 22.5. The standard InChI is InChI=1S/C30H32N2O8/c1-32(2)24-19-13-16-12-18-15(8-7-14-5-4-6-17(11-14)40-3)9-10-20(33)22(18)25(34)21(16)27(36)30(19,39)28(37)23(26(24)35)29(31)38/h4-6,9-11,16,19,24,33,35-36,39H,7-8,12-13H2,1-3H3,(H2,31,38)/t16-,19-,24-,30-/m0/s1. The second-order valence-electron chi connectivity index (χ2n) is 10.9. The van der Waals surface area contributed by atoms with Gasteiger partial charge in [-0.1, -0.05) is 18.2 Å². The van der Waals surface area contributed by atoms with Crippen LogP contribution in [-0.4, -0.2) is 75.6 Å². The van der Waals surface area contributed by atoms with E-state index in [1.165, 1.54) is 11.0 Å². The highest BCUT2D eigenvalue weighted by molar-refractivity contribution is 6.24. The first-order valence-corrected chi connectivity index (χ1v) is 13.0. The number of amides is 1. The zero-order valence-electron chi connectivity index (χ0n) is 22.5. The van der Waals surface area contributed by atoms with Crippen LogP contribution in [0.3, 0.4) is 0 Å². The Balaban J connectivity index is 1.59. The van der Waals surface area contributed by atoms with Gasteiger partial charge in [0.1, 0.15) is 28.6 Å². The Labute approximate surface area is 231 Å². The lowest BCUT2D eigenvalue weighted by atomic mass is 9.58. The van der Waals surface area contributed by atoms with Gasteiger partial charge in [0.15, 0.2) is 11.4 Å². The lowest BCUT2D eigenvalue weighted by Gasteiger charge is -2.50. The Morgan fingerprint density at radius 1 is 1.12 bits per heavy atom. The van der Waals surface area contributed by atoms with E-state index in [-0.39, 0.29) is 29.7 Å². The maximum atomic E-state index is 13.8. The van der Waals surface area contributed by atoms with Gasteiger partial charge in [-0.05, 0) is 80.6 Å². The molecule has 2 aromatic rings. The van der Waals surface area contributed by atoms with Crippen LogP contribution in [0.1, 0.15) is 33.5 Å². The van der Waals surface area contributed by atoms with Crippen molar-refractivity contribution in [1.82, 2.24) is 4.90 Å². The molecule has 6 N–H and O–H groups in total. The number of ketones is 2. The quantitative estimate of drug-likeness (QED) is 0.338. The van der Waals surface area contributed by atoms with Crippen molar-refractivity contribution < 1.29 is 39.5 Å². The van der Waals surface area contributed by atoms with Crippen molar-refractivity contribution >= 4 is 17.5 Å². The van der Waals surface area contributed by atoms with E-state index in [1.807, 2.05) is 24.3 Å². The van der Waals surface area contributed by atoms with Crippen molar-refractivity contribution in [3.63, 3.8) is 0 Å². The maximum absolute atomic E-state index is 13.8. The molecule has 4 atom stereocenters. The van der Waals surface area contributed by atoms with Crippen LogP contribution in [0.15, 0.2) is 59.1 Å². The lowest BCUT2D eigenvalue weighted by Crippen LogP contribution is -2.63. The van der Waals surface area contributed by atoms with Crippen LogP contribution in [0.5, 0.6) is 11.5 Å². The predicted molar refractivity (Wildman–Crippen MR) is 144 cm³/mol. The van der Waals surface area contributed by atoms with E-state index in [9.17, 15) is 34.8 Å². The van der Waals surface area contributed by atoms with Gasteiger partial charge in [-0.3, -0.25) is 19.3 Å². The average Bonchev–Trinajstić information content (AvgIpc) is 2.90. The van der Waals surface area contributed by atoms with Crippen molar-refractivity contribution in [3.8, 4) is 11.5 Å². The summed E-state index contributed by atoms with van der Waals surface area (Å²) in [6.45, 7) is 0. The number of phenols is 1. The van der Waals surface area contributed by atoms with Gasteiger partial charge in [0.05, 0.1) is 18.7 Å². The summed E-state index contributed by atoms with van der Waals surface area (Å²) >= 11 is 0. The molecule has 40 heavy (non-hydrogen) atoms. The summed E-state index contributed by atoms with van der Waals surface area (Å²) in [5.74, 6) is -5.85. The van der Waals surface area contributed by atoms with E-state index in [4.69, 9.17) is 10.5 Å². The Morgan fingerprint density at radius 2 is 1.85 bits per heavy atom. The van der Waals surface area contributed by atoms with E-state index in [1.54, 1.807) is 27.3 Å². The van der Waals surface area contributed by atoms with Crippen molar-refractivity contribution in [1.29, 1.82) is 0 Å². The first-order valence-electron chi connectivity index (χ1n) is 13.0. The highest BCUT2D eigenvalue weighted by Gasteiger charge is 2.63. The molecule has 0 heterocycles. The number of aromatic hydroxyl groups is 1. The van der Waals surface area contributed by atoms with Crippen molar-refractivity contribution in [2.75, 3.05) is 21.2 Å². The minimum absolute atomic E-state index is 0.0175. The van der Waals surface area contributed by atoms with E-state index >= 15 is 0 Å². The normalized spacial score (nSPS) is 26.0. The van der Waals surface area contributed by atoms with E-state index in [0.717, 1.165) is 16.9 Å². The number of allylic oxidation sites excluding steroid dienone is 1. The molecule has 0 bridgehead atoms. The fraction of sp³-hybridized carbons (Fsp3) is 0.367. The number of hydrogen-bond acceptors (Lipinski definition) is 9. The van der Waals surface area contributed by atoms with Crippen LogP contribution >= 0.6 is 0 Å². The van der Waals surface area contributed by atoms with Gasteiger partial charge in [-0.15, -0.1) is 0 Å². The fourth-order valence-electron chi connectivity index (χ4n) is 6.66. The molecule has 3 aliphatic rings. The molecule has 0 spiro atoms. The largest absolute Gasteiger partial charge is 0.510 e. The second-order valence-corrected chi connectivity index (χ2v) is 10.9. The van der Waals surface area contributed by atoms with Gasteiger partial charge in [0, 0.05) is 11.5 Å². The van der Waals surface area contributed by atoms with Gasteiger partial charge < -0.3 is 30.9 Å². The zero-order chi connectivity index (χ0) is 29.1. The van der Waals surface area contributed by atoms with Gasteiger partial charge in [-0.2, -0.15) is 0 Å². The number of nitrogens with zero attached hydrogens (tertiary/aromatic N) is 1. The molecule has 210 valence electrons. The monoisotopic (exact) mass is 548 g/mol. The third-order valence-corrected chi connectivity index (χ3v) is 8.52. The van der Waals surface area contributed by atoms with Crippen LogP contribution < -0.4 is 10.5 Å². The number of ether oxygens (including phenoxy) is 1. The van der Waals surface area contributed by atoms with Crippen LogP contribution in [0, 0.1) is 11.8 Å². The fourth-order valence-corrected chi connectivity index (χ4v) is 6.66. The third kappa shape index (κ3) is 3.98. The van der Waals surface area contributed by atoms with E-state index in [2.05, 4.69) is 0 Å². The molecule has 0 saturated carbocycles. The van der Waals surface area contributed by atoms with Crippen molar-refractivity contribution in [3.05, 3.63) is 81.3 Å². The number of fused-ring (bicyclic) bond motifs is 3. The van der Waals surface area contributed by atoms with Crippen molar-refractivity contribution in [2.45, 2.75) is 37.3 Å². The summed E-state index contributed by atoms with van der Waals surface area (Å²) in [4.78, 5) is 40.8. The van der Waals surface area contributed by atoms with Crippen LogP contribution in [-0.2, 0) is 28.9 Å². The van der Waals surface area contributed by atoms with E-state index < -0.39 is 58.0 Å². The number of nitrogens with two attached hydrogens (primary N) is 1. The Morgan fingerprint density at radius 3 is 2.50 bits per heavy atom. The topological polar surface area (TPSA) is 171 Å². The summed E-state index contributed by atoms with van der Waals surface area (Å²) < 4.78 is 5.31. The molecule has 0 unspecified atom stereocenters. The van der Waals surface area contributed by atoms with Gasteiger partial charge >= 0.3 is 0 Å². The number of carbonyl (C=O) groups is 3. The number of aliphatic hydroxyl groups excluding tert-OH is 2. The number of aliphatic hydroxyl groups is 3. The number of carbonyl (C=O) groups excluding carboxylic acids is 3. The number of phenolic OH excluding ortho intramolecular Hbond substituents is 1. The smallest absolute Gasteiger partial charge is 0.255 e. The highest BCUT2D eigenvalue weighted by atomic mass is 16.5. The number of hydrogen-bond donors (Lipinski definition) is 5. The molecule has 10 nitrogen and oxygen atoms in total. The Bertz CT molecular complexity index is 1510. The van der Waals surface area contributed by atoms with Crippen LogP contribution in [0.25, 0.3) is 0 Å². The molecule has 5 rings (SSSR count). The number of methoxy groups -OCH3 is 1. The molecule has 3 aliphatic carbocycles. The molecule has 10 heteroatoms. The molecule has 0 fully saturated rings. The lowest BCUT2D eigenvalue weighted by molar-refractivity contribution is -0.148. The number of rotatable bonds is 6. The molecule has 0 radical (unpaired) electrons. The summed E-state index contributed by atoms with van der Waals surface area (Å²) in [5, 5.41) is 44.7. The van der Waals surface area contributed by atoms with Crippen LogP contribution in [0.2, 0.25) is 0 Å². The summed E-state index contributed by atoms with van der Waals surface area (Å²) in [6, 6.07) is 9.83. The summed E-state index contributed by atoms with van der Waals surface area (Å²) in [7, 11) is 4.79. The summed E-state index contributed by atoms with van der Waals surface area (Å²) in [6.07, 6.45) is 1.53. The van der Waals surface area contributed by atoms with Gasteiger partial charge in [0.25, 0.3) is 5.91 Å². The molecule has 0 saturated heterocycles. The number of Topliss-reactive ketones (excluding diaryl/α,β-unsaturated/α-hetero) is 2. The molecular formula is C30H32N2O8. The number of aryl methyl sites for hydroxylation is 2. The Hall–Kier alpha value is -4.15.